The Morgan fingerprint density at radius 2 is 2.05 bits per heavy atom. The number of carbonyl (C=O) groups is 1. The van der Waals surface area contributed by atoms with Gasteiger partial charge in [-0.2, -0.15) is 0 Å². The van der Waals surface area contributed by atoms with Crippen LogP contribution in [0.2, 0.25) is 0 Å². The van der Waals surface area contributed by atoms with Crippen molar-refractivity contribution in [2.75, 3.05) is 5.73 Å². The van der Waals surface area contributed by atoms with Crippen molar-refractivity contribution in [3.8, 4) is 0 Å². The minimum atomic E-state index is -0.693. The van der Waals surface area contributed by atoms with Gasteiger partial charge in [-0.1, -0.05) is 0 Å². The van der Waals surface area contributed by atoms with E-state index in [-0.39, 0.29) is 16.9 Å². The molecule has 0 saturated carbocycles. The Labute approximate surface area is 118 Å². The monoisotopic (exact) mass is 281 g/mol. The van der Waals surface area contributed by atoms with E-state index >= 15 is 0 Å². The van der Waals surface area contributed by atoms with Crippen LogP contribution in [-0.2, 0) is 9.47 Å². The first-order valence-corrected chi connectivity index (χ1v) is 6.57. The van der Waals surface area contributed by atoms with Gasteiger partial charge in [-0.15, -0.1) is 0 Å². The van der Waals surface area contributed by atoms with E-state index in [9.17, 15) is 9.18 Å². The number of halogens is 1. The summed E-state index contributed by atoms with van der Waals surface area (Å²) in [5.41, 5.74) is 4.65. The fourth-order valence-corrected chi connectivity index (χ4v) is 2.58. The molecule has 4 nitrogen and oxygen atoms in total. The molecule has 0 amide bonds. The molecule has 1 aliphatic heterocycles. The van der Waals surface area contributed by atoms with Gasteiger partial charge in [-0.05, 0) is 45.9 Å². The smallest absolute Gasteiger partial charge is 0.341 e. The van der Waals surface area contributed by atoms with E-state index in [1.54, 1.807) is 0 Å². The van der Waals surface area contributed by atoms with E-state index in [1.165, 1.54) is 12.1 Å². The van der Waals surface area contributed by atoms with Crippen molar-refractivity contribution < 1.29 is 18.7 Å². The summed E-state index contributed by atoms with van der Waals surface area (Å²) in [5.74, 6) is -1.37. The summed E-state index contributed by atoms with van der Waals surface area (Å²) >= 11 is 0. The van der Waals surface area contributed by atoms with Crippen molar-refractivity contribution in [2.24, 2.45) is 0 Å². The van der Waals surface area contributed by atoms with E-state index in [2.05, 4.69) is 0 Å². The van der Waals surface area contributed by atoms with Crippen LogP contribution < -0.4 is 5.73 Å². The van der Waals surface area contributed by atoms with E-state index in [0.717, 1.165) is 6.07 Å². The highest BCUT2D eigenvalue weighted by molar-refractivity contribution is 5.90. The number of nitrogen functional groups attached to an aromatic ring is 1. The predicted octanol–water partition coefficient (Wildman–Crippen LogP) is 2.91. The maximum atomic E-state index is 13.7. The standard InChI is InChI=1S/C15H20FNO3/c1-14(2)8-12(15(3,4)20-14)19-13(18)10-6-5-9(17)7-11(10)16/h5-7,12H,8,17H2,1-4H3. The highest BCUT2D eigenvalue weighted by Gasteiger charge is 2.48. The van der Waals surface area contributed by atoms with Gasteiger partial charge in [-0.3, -0.25) is 0 Å². The molecular formula is C15H20FNO3. The second kappa shape index (κ2) is 4.74. The summed E-state index contributed by atoms with van der Waals surface area (Å²) in [6, 6.07) is 3.91. The Kier molecular flexibility index (Phi) is 3.50. The largest absolute Gasteiger partial charge is 0.456 e. The molecule has 5 heteroatoms. The molecule has 0 radical (unpaired) electrons. The molecule has 2 rings (SSSR count). The molecule has 0 aromatic heterocycles. The number of ether oxygens (including phenoxy) is 2. The van der Waals surface area contributed by atoms with Crippen LogP contribution in [0.4, 0.5) is 10.1 Å². The molecule has 1 fully saturated rings. The van der Waals surface area contributed by atoms with Crippen LogP contribution in [-0.4, -0.2) is 23.3 Å². The lowest BCUT2D eigenvalue weighted by Gasteiger charge is -2.26. The molecule has 1 aromatic carbocycles. The Morgan fingerprint density at radius 3 is 2.55 bits per heavy atom. The fourth-order valence-electron chi connectivity index (χ4n) is 2.58. The van der Waals surface area contributed by atoms with Gasteiger partial charge < -0.3 is 15.2 Å². The summed E-state index contributed by atoms with van der Waals surface area (Å²) in [7, 11) is 0. The van der Waals surface area contributed by atoms with Crippen LogP contribution in [0.25, 0.3) is 0 Å². The van der Waals surface area contributed by atoms with E-state index in [1.807, 2.05) is 27.7 Å². The zero-order valence-corrected chi connectivity index (χ0v) is 12.2. The molecule has 2 N–H and O–H groups in total. The minimum Gasteiger partial charge on any atom is -0.456 e. The van der Waals surface area contributed by atoms with Crippen LogP contribution in [0.3, 0.4) is 0 Å². The van der Waals surface area contributed by atoms with Crippen LogP contribution in [0.15, 0.2) is 18.2 Å². The second-order valence-corrected chi connectivity index (χ2v) is 6.30. The molecule has 20 heavy (non-hydrogen) atoms. The SMILES string of the molecule is CC1(C)CC(OC(=O)c2ccc(N)cc2F)C(C)(C)O1. The van der Waals surface area contributed by atoms with Gasteiger partial charge in [0.2, 0.25) is 0 Å². The van der Waals surface area contributed by atoms with Gasteiger partial charge >= 0.3 is 5.97 Å². The van der Waals surface area contributed by atoms with Crippen molar-refractivity contribution in [2.45, 2.75) is 51.4 Å². The van der Waals surface area contributed by atoms with Crippen LogP contribution in [0, 0.1) is 5.82 Å². The van der Waals surface area contributed by atoms with Gasteiger partial charge in [0, 0.05) is 12.1 Å². The molecule has 0 spiro atoms. The molecule has 1 atom stereocenters. The lowest BCUT2D eigenvalue weighted by atomic mass is 9.97. The molecule has 0 aliphatic carbocycles. The third-order valence-corrected chi connectivity index (χ3v) is 3.45. The molecule has 1 saturated heterocycles. The summed E-state index contributed by atoms with van der Waals surface area (Å²) < 4.78 is 25.0. The average Bonchev–Trinajstić information content (AvgIpc) is 2.45. The van der Waals surface area contributed by atoms with Gasteiger partial charge in [0.1, 0.15) is 17.5 Å². The zero-order chi connectivity index (χ0) is 15.1. The summed E-state index contributed by atoms with van der Waals surface area (Å²) in [5, 5.41) is 0. The fraction of sp³-hybridized carbons (Fsp3) is 0.533. The maximum Gasteiger partial charge on any atom is 0.341 e. The normalized spacial score (nSPS) is 23.6. The zero-order valence-electron chi connectivity index (χ0n) is 12.2. The molecule has 110 valence electrons. The average molecular weight is 281 g/mol. The van der Waals surface area contributed by atoms with Gasteiger partial charge in [0.25, 0.3) is 0 Å². The molecule has 1 heterocycles. The quantitative estimate of drug-likeness (QED) is 0.669. The number of hydrogen-bond donors (Lipinski definition) is 1. The van der Waals surface area contributed by atoms with E-state index in [0.29, 0.717) is 6.42 Å². The van der Waals surface area contributed by atoms with Crippen molar-refractivity contribution in [3.63, 3.8) is 0 Å². The molecular weight excluding hydrogens is 261 g/mol. The van der Waals surface area contributed by atoms with E-state index in [4.69, 9.17) is 15.2 Å². The summed E-state index contributed by atoms with van der Waals surface area (Å²) in [4.78, 5) is 12.1. The number of benzene rings is 1. The number of rotatable bonds is 2. The Morgan fingerprint density at radius 1 is 1.40 bits per heavy atom. The van der Waals surface area contributed by atoms with E-state index < -0.39 is 23.5 Å². The molecule has 1 aliphatic rings. The summed E-state index contributed by atoms with van der Waals surface area (Å²) in [6.07, 6.45) is 0.157. The number of esters is 1. The van der Waals surface area contributed by atoms with Gasteiger partial charge in [0.05, 0.1) is 11.2 Å². The van der Waals surface area contributed by atoms with Crippen molar-refractivity contribution >= 4 is 11.7 Å². The second-order valence-electron chi connectivity index (χ2n) is 6.30. The number of anilines is 1. The lowest BCUT2D eigenvalue weighted by molar-refractivity contribution is -0.0925. The van der Waals surface area contributed by atoms with Crippen LogP contribution in [0.1, 0.15) is 44.5 Å². The number of carbonyl (C=O) groups excluding carboxylic acids is 1. The Hall–Kier alpha value is -1.62. The molecule has 0 bridgehead atoms. The minimum absolute atomic E-state index is 0.111. The third-order valence-electron chi connectivity index (χ3n) is 3.45. The number of hydrogen-bond acceptors (Lipinski definition) is 4. The highest BCUT2D eigenvalue weighted by Crippen LogP contribution is 2.39. The van der Waals surface area contributed by atoms with Gasteiger partial charge in [-0.25, -0.2) is 9.18 Å². The Bertz CT molecular complexity index is 540. The van der Waals surface area contributed by atoms with Crippen molar-refractivity contribution in [3.05, 3.63) is 29.6 Å². The first-order chi connectivity index (χ1) is 9.11. The van der Waals surface area contributed by atoms with Crippen LogP contribution in [0.5, 0.6) is 0 Å². The third kappa shape index (κ3) is 2.93. The first-order valence-electron chi connectivity index (χ1n) is 6.57. The van der Waals surface area contributed by atoms with Crippen molar-refractivity contribution in [1.29, 1.82) is 0 Å². The Balaban J connectivity index is 2.16. The van der Waals surface area contributed by atoms with Crippen molar-refractivity contribution in [1.82, 2.24) is 0 Å². The lowest BCUT2D eigenvalue weighted by Crippen LogP contribution is -2.36. The topological polar surface area (TPSA) is 61.5 Å². The van der Waals surface area contributed by atoms with Crippen LogP contribution >= 0.6 is 0 Å². The molecule has 1 aromatic rings. The van der Waals surface area contributed by atoms with Gasteiger partial charge in [0.15, 0.2) is 0 Å². The molecule has 1 unspecified atom stereocenters. The number of nitrogens with two attached hydrogens (primary N) is 1. The highest BCUT2D eigenvalue weighted by atomic mass is 19.1. The summed E-state index contributed by atoms with van der Waals surface area (Å²) in [6.45, 7) is 7.59. The first kappa shape index (κ1) is 14.8. The maximum absolute atomic E-state index is 13.7. The predicted molar refractivity (Wildman–Crippen MR) is 73.9 cm³/mol.